The topological polar surface area (TPSA) is 150 Å². The first-order valence-electron chi connectivity index (χ1n) is 5.69. The molecular weight excluding hydrogens is 238 g/mol. The van der Waals surface area contributed by atoms with Crippen molar-refractivity contribution in [2.75, 3.05) is 29.9 Å². The fraction of sp³-hybridized carbons (Fsp3) is 0.600. The van der Waals surface area contributed by atoms with Gasteiger partial charge in [-0.25, -0.2) is 0 Å². The second-order valence-corrected chi connectivity index (χ2v) is 5.00. The fourth-order valence-electron chi connectivity index (χ4n) is 2.80. The molecule has 8 N–H and O–H groups in total. The SMILES string of the molecule is Nc1nc(NCC2(CO)C3C(O)C32)c(N)c(=O)[nH]1. The lowest BCUT2D eigenvalue weighted by Crippen LogP contribution is -2.33. The average molecular weight is 253 g/mol. The van der Waals surface area contributed by atoms with Gasteiger partial charge in [0.1, 0.15) is 5.69 Å². The van der Waals surface area contributed by atoms with Crippen molar-refractivity contribution >= 4 is 17.5 Å². The van der Waals surface area contributed by atoms with E-state index in [-0.39, 0.29) is 47.4 Å². The molecule has 0 radical (unpaired) electrons. The quantitative estimate of drug-likeness (QED) is 0.361. The molecule has 1 aromatic rings. The smallest absolute Gasteiger partial charge is 0.277 e. The summed E-state index contributed by atoms with van der Waals surface area (Å²) in [6, 6.07) is 0. The van der Waals surface area contributed by atoms with Crippen LogP contribution in [0.15, 0.2) is 4.79 Å². The molecule has 0 saturated heterocycles. The molecule has 2 aliphatic rings. The molecule has 2 atom stereocenters. The number of nitrogen functional groups attached to an aromatic ring is 2. The van der Waals surface area contributed by atoms with E-state index in [4.69, 9.17) is 11.5 Å². The molecule has 0 aliphatic heterocycles. The molecule has 18 heavy (non-hydrogen) atoms. The van der Waals surface area contributed by atoms with Gasteiger partial charge >= 0.3 is 0 Å². The number of rotatable bonds is 4. The van der Waals surface area contributed by atoms with E-state index in [2.05, 4.69) is 15.3 Å². The Hall–Kier alpha value is -1.80. The highest BCUT2D eigenvalue weighted by atomic mass is 16.3. The highest BCUT2D eigenvalue weighted by Crippen LogP contribution is 2.76. The lowest BCUT2D eigenvalue weighted by Gasteiger charge is -2.23. The minimum absolute atomic E-state index is 0.00896. The minimum atomic E-state index is -0.496. The largest absolute Gasteiger partial charge is 0.396 e. The Balaban J connectivity index is 1.73. The molecule has 0 aromatic carbocycles. The number of aliphatic hydroxyl groups excluding tert-OH is 2. The van der Waals surface area contributed by atoms with E-state index in [0.717, 1.165) is 0 Å². The number of anilines is 3. The number of nitrogens with zero attached hydrogens (tertiary/aromatic N) is 1. The Labute approximate surface area is 102 Å². The number of hydrogen-bond acceptors (Lipinski definition) is 7. The average Bonchev–Trinajstić information content (AvgIpc) is 3.20. The van der Waals surface area contributed by atoms with Gasteiger partial charge in [-0.15, -0.1) is 0 Å². The number of H-pyrrole nitrogens is 1. The van der Waals surface area contributed by atoms with E-state index >= 15 is 0 Å². The second kappa shape index (κ2) is 3.36. The molecule has 8 nitrogen and oxygen atoms in total. The van der Waals surface area contributed by atoms with Crippen LogP contribution in [-0.2, 0) is 0 Å². The minimum Gasteiger partial charge on any atom is -0.396 e. The highest BCUT2D eigenvalue weighted by molar-refractivity contribution is 5.61. The summed E-state index contributed by atoms with van der Waals surface area (Å²) in [6.07, 6.45) is -0.298. The lowest BCUT2D eigenvalue weighted by atomic mass is 9.94. The number of hydrogen-bond donors (Lipinski definition) is 6. The molecule has 0 spiro atoms. The van der Waals surface area contributed by atoms with E-state index in [9.17, 15) is 15.0 Å². The van der Waals surface area contributed by atoms with Gasteiger partial charge in [-0.05, 0) is 0 Å². The summed E-state index contributed by atoms with van der Waals surface area (Å²) < 4.78 is 0. The fourth-order valence-corrected chi connectivity index (χ4v) is 2.80. The molecule has 3 rings (SSSR count). The molecule has 1 heterocycles. The van der Waals surface area contributed by atoms with Crippen molar-refractivity contribution in [3.8, 4) is 0 Å². The van der Waals surface area contributed by atoms with Gasteiger partial charge in [-0.3, -0.25) is 9.78 Å². The van der Waals surface area contributed by atoms with Crippen molar-refractivity contribution in [3.63, 3.8) is 0 Å². The lowest BCUT2D eigenvalue weighted by molar-refractivity contribution is 0.0926. The monoisotopic (exact) mass is 253 g/mol. The number of nitrogens with two attached hydrogens (primary N) is 2. The summed E-state index contributed by atoms with van der Waals surface area (Å²) in [7, 11) is 0. The molecule has 8 heteroatoms. The van der Waals surface area contributed by atoms with Crippen molar-refractivity contribution < 1.29 is 10.2 Å². The Morgan fingerprint density at radius 1 is 1.44 bits per heavy atom. The van der Waals surface area contributed by atoms with Crippen molar-refractivity contribution in [1.82, 2.24) is 9.97 Å². The maximum absolute atomic E-state index is 11.4. The van der Waals surface area contributed by atoms with E-state index in [1.165, 1.54) is 0 Å². The second-order valence-electron chi connectivity index (χ2n) is 5.00. The predicted octanol–water partition coefficient (Wildman–Crippen LogP) is -2.05. The first kappa shape index (κ1) is 11.3. The van der Waals surface area contributed by atoms with Crippen LogP contribution >= 0.6 is 0 Å². The van der Waals surface area contributed by atoms with Gasteiger partial charge in [-0.1, -0.05) is 0 Å². The molecular formula is C10H15N5O3. The van der Waals surface area contributed by atoms with E-state index in [1.54, 1.807) is 0 Å². The van der Waals surface area contributed by atoms with Gasteiger partial charge in [0.25, 0.3) is 5.56 Å². The van der Waals surface area contributed by atoms with Crippen LogP contribution < -0.4 is 22.3 Å². The van der Waals surface area contributed by atoms with Crippen molar-refractivity contribution in [3.05, 3.63) is 10.4 Å². The van der Waals surface area contributed by atoms with E-state index < -0.39 is 5.56 Å². The standard InChI is InChI=1S/C10H15N5O3/c11-5-7(14-9(12)15-8(5)18)13-1-10(2-16)3-4(10)6(3)17/h3-4,6,16-17H,1-2,11H2,(H4,12,13,14,15,18). The van der Waals surface area contributed by atoms with Gasteiger partial charge in [-0.2, -0.15) is 4.98 Å². The maximum Gasteiger partial charge on any atom is 0.277 e. The zero-order chi connectivity index (χ0) is 13.1. The van der Waals surface area contributed by atoms with Crippen LogP contribution in [0.3, 0.4) is 0 Å². The summed E-state index contributed by atoms with van der Waals surface area (Å²) in [5, 5.41) is 21.6. The van der Waals surface area contributed by atoms with Crippen LogP contribution in [0.25, 0.3) is 0 Å². The Morgan fingerprint density at radius 2 is 2.11 bits per heavy atom. The molecule has 0 bridgehead atoms. The first-order valence-corrected chi connectivity index (χ1v) is 5.69. The third-order valence-corrected chi connectivity index (χ3v) is 4.05. The molecule has 2 aliphatic carbocycles. The zero-order valence-corrected chi connectivity index (χ0v) is 9.55. The highest BCUT2D eigenvalue weighted by Gasteiger charge is 2.83. The summed E-state index contributed by atoms with van der Waals surface area (Å²) in [4.78, 5) is 17.6. The molecule has 2 fully saturated rings. The summed E-state index contributed by atoms with van der Waals surface area (Å²) in [5.74, 6) is 0.492. The summed E-state index contributed by atoms with van der Waals surface area (Å²) in [5.41, 5.74) is 10.2. The number of aromatic nitrogens is 2. The normalized spacial score (nSPS) is 36.0. The van der Waals surface area contributed by atoms with Gasteiger partial charge in [0.15, 0.2) is 5.82 Å². The van der Waals surface area contributed by atoms with Crippen LogP contribution in [0.1, 0.15) is 0 Å². The number of fused-ring (bicyclic) bond motifs is 1. The van der Waals surface area contributed by atoms with Gasteiger partial charge in [0.05, 0.1) is 12.7 Å². The third kappa shape index (κ3) is 1.33. The van der Waals surface area contributed by atoms with Gasteiger partial charge in [0, 0.05) is 23.8 Å². The van der Waals surface area contributed by atoms with Crippen molar-refractivity contribution in [1.29, 1.82) is 0 Å². The van der Waals surface area contributed by atoms with Gasteiger partial charge < -0.3 is 27.0 Å². The van der Waals surface area contributed by atoms with Crippen LogP contribution in [0.2, 0.25) is 0 Å². The first-order chi connectivity index (χ1) is 8.51. The van der Waals surface area contributed by atoms with E-state index in [1.807, 2.05) is 0 Å². The molecule has 98 valence electrons. The maximum atomic E-state index is 11.4. The summed E-state index contributed by atoms with van der Waals surface area (Å²) in [6.45, 7) is 0.404. The Bertz CT molecular complexity index is 547. The van der Waals surface area contributed by atoms with Gasteiger partial charge in [0.2, 0.25) is 5.95 Å². The Kier molecular flexibility index (Phi) is 2.11. The molecule has 2 saturated carbocycles. The molecule has 0 amide bonds. The zero-order valence-electron chi connectivity index (χ0n) is 9.55. The third-order valence-electron chi connectivity index (χ3n) is 4.05. The predicted molar refractivity (Wildman–Crippen MR) is 64.7 cm³/mol. The number of aromatic amines is 1. The van der Waals surface area contributed by atoms with Crippen LogP contribution in [-0.4, -0.2) is 39.4 Å². The number of aliphatic hydroxyl groups is 2. The van der Waals surface area contributed by atoms with Crippen molar-refractivity contribution in [2.45, 2.75) is 6.10 Å². The van der Waals surface area contributed by atoms with Crippen LogP contribution in [0.5, 0.6) is 0 Å². The van der Waals surface area contributed by atoms with Crippen LogP contribution in [0.4, 0.5) is 17.5 Å². The summed E-state index contributed by atoms with van der Waals surface area (Å²) >= 11 is 0. The molecule has 1 aromatic heterocycles. The molecule has 2 unspecified atom stereocenters. The van der Waals surface area contributed by atoms with Crippen LogP contribution in [0, 0.1) is 17.3 Å². The van der Waals surface area contributed by atoms with E-state index in [0.29, 0.717) is 6.54 Å². The van der Waals surface area contributed by atoms with Crippen molar-refractivity contribution in [2.24, 2.45) is 17.3 Å². The number of nitrogens with one attached hydrogen (secondary N) is 2. The Morgan fingerprint density at radius 3 is 2.67 bits per heavy atom.